The Morgan fingerprint density at radius 3 is 2.62 bits per heavy atom. The Bertz CT molecular complexity index is 887. The topological polar surface area (TPSA) is 80.2 Å². The Kier molecular flexibility index (Phi) is 6.72. The van der Waals surface area contributed by atoms with Crippen molar-refractivity contribution < 1.29 is 14.4 Å². The van der Waals surface area contributed by atoms with Gasteiger partial charge in [-0.25, -0.2) is 0 Å². The number of benzene rings is 1. The zero-order valence-corrected chi connectivity index (χ0v) is 17.5. The van der Waals surface area contributed by atoms with E-state index < -0.39 is 6.04 Å². The first-order chi connectivity index (χ1) is 13.9. The van der Waals surface area contributed by atoms with E-state index in [-0.39, 0.29) is 23.8 Å². The number of aryl methyl sites for hydroxylation is 1. The number of aldehydes is 1. The van der Waals surface area contributed by atoms with E-state index in [0.29, 0.717) is 18.0 Å². The molecule has 0 radical (unpaired) electrons. The molecule has 3 atom stereocenters. The minimum absolute atomic E-state index is 0.134. The highest BCUT2D eigenvalue weighted by Crippen LogP contribution is 2.26. The van der Waals surface area contributed by atoms with Gasteiger partial charge in [-0.05, 0) is 37.3 Å². The molecular weight excluding hydrogens is 366 g/mol. The molecule has 6 nitrogen and oxygen atoms in total. The van der Waals surface area contributed by atoms with Gasteiger partial charge in [0, 0.05) is 24.0 Å². The number of fused-ring (bicyclic) bond motifs is 1. The van der Waals surface area contributed by atoms with Gasteiger partial charge in [-0.1, -0.05) is 44.9 Å². The molecule has 6 heteroatoms. The first-order valence-corrected chi connectivity index (χ1v) is 10.5. The van der Waals surface area contributed by atoms with E-state index in [2.05, 4.69) is 10.6 Å². The van der Waals surface area contributed by atoms with Crippen LogP contribution in [0.5, 0.6) is 0 Å². The second-order valence-corrected chi connectivity index (χ2v) is 8.50. The summed E-state index contributed by atoms with van der Waals surface area (Å²) in [5, 5.41) is 6.99. The first-order valence-electron chi connectivity index (χ1n) is 10.5. The molecule has 1 heterocycles. The number of amides is 2. The molecule has 0 bridgehead atoms. The van der Waals surface area contributed by atoms with Gasteiger partial charge in [-0.3, -0.25) is 9.59 Å². The predicted molar refractivity (Wildman–Crippen MR) is 114 cm³/mol. The van der Waals surface area contributed by atoms with Gasteiger partial charge >= 0.3 is 0 Å². The quantitative estimate of drug-likeness (QED) is 0.704. The van der Waals surface area contributed by atoms with Crippen LogP contribution in [-0.2, 0) is 16.6 Å². The molecule has 0 spiro atoms. The molecule has 2 aromatic rings. The highest BCUT2D eigenvalue weighted by atomic mass is 16.2. The highest BCUT2D eigenvalue weighted by Gasteiger charge is 2.33. The number of nitrogens with zero attached hydrogens (tertiary/aromatic N) is 1. The standard InChI is InChI=1S/C23H31N3O3/c1-15(2)12-17(14-27)24-22(28)18-9-5-6-10-19(18)25-23(29)21-13-16-8-4-7-11-20(16)26(21)3/h4,7-8,11,13-15,17-19H,5-6,9-10,12H2,1-3H3,(H,24,28)(H,25,29)/t17-,18-,19+/m1/s1. The van der Waals surface area contributed by atoms with Crippen LogP contribution in [0.25, 0.3) is 10.9 Å². The third-order valence-corrected chi connectivity index (χ3v) is 5.82. The van der Waals surface area contributed by atoms with Gasteiger partial charge < -0.3 is 20.0 Å². The highest BCUT2D eigenvalue weighted by molar-refractivity contribution is 5.99. The summed E-state index contributed by atoms with van der Waals surface area (Å²) in [7, 11) is 1.88. The third-order valence-electron chi connectivity index (χ3n) is 5.82. The van der Waals surface area contributed by atoms with Crippen LogP contribution in [0.15, 0.2) is 30.3 Å². The van der Waals surface area contributed by atoms with Gasteiger partial charge in [0.05, 0.1) is 12.0 Å². The molecule has 0 unspecified atom stereocenters. The number of hydrogen-bond acceptors (Lipinski definition) is 3. The summed E-state index contributed by atoms with van der Waals surface area (Å²) in [6.07, 6.45) is 4.85. The Morgan fingerprint density at radius 2 is 1.93 bits per heavy atom. The summed E-state index contributed by atoms with van der Waals surface area (Å²) in [5.74, 6) is -0.289. The van der Waals surface area contributed by atoms with Crippen molar-refractivity contribution in [1.82, 2.24) is 15.2 Å². The molecular formula is C23H31N3O3. The molecule has 29 heavy (non-hydrogen) atoms. The van der Waals surface area contributed by atoms with E-state index in [9.17, 15) is 14.4 Å². The van der Waals surface area contributed by atoms with Gasteiger partial charge in [-0.2, -0.15) is 0 Å². The molecule has 2 N–H and O–H groups in total. The molecule has 0 aliphatic heterocycles. The number of nitrogens with one attached hydrogen (secondary N) is 2. The lowest BCUT2D eigenvalue weighted by Gasteiger charge is -2.32. The maximum atomic E-state index is 13.0. The summed E-state index contributed by atoms with van der Waals surface area (Å²) < 4.78 is 1.88. The number of rotatable bonds is 7. The molecule has 2 amide bonds. The molecule has 1 aliphatic carbocycles. The lowest BCUT2D eigenvalue weighted by Crippen LogP contribution is -2.50. The van der Waals surface area contributed by atoms with E-state index in [4.69, 9.17) is 0 Å². The number of hydrogen-bond donors (Lipinski definition) is 2. The predicted octanol–water partition coefficient (Wildman–Crippen LogP) is 3.20. The Balaban J connectivity index is 1.72. The third kappa shape index (κ3) is 4.86. The zero-order valence-electron chi connectivity index (χ0n) is 17.5. The van der Waals surface area contributed by atoms with Crippen LogP contribution in [0.3, 0.4) is 0 Å². The van der Waals surface area contributed by atoms with Crippen LogP contribution in [0.4, 0.5) is 0 Å². The van der Waals surface area contributed by atoms with E-state index in [1.165, 1.54) is 0 Å². The molecule has 1 aromatic heterocycles. The van der Waals surface area contributed by atoms with Crippen molar-refractivity contribution in [2.45, 2.75) is 58.0 Å². The molecule has 1 aromatic carbocycles. The SMILES string of the molecule is CC(C)C[C@H](C=O)NC(=O)[C@@H]1CCCC[C@@H]1NC(=O)c1cc2ccccc2n1C. The maximum Gasteiger partial charge on any atom is 0.268 e. The summed E-state index contributed by atoms with van der Waals surface area (Å²) in [4.78, 5) is 37.2. The average molecular weight is 398 g/mol. The number of aromatic nitrogens is 1. The monoisotopic (exact) mass is 397 g/mol. The van der Waals surface area contributed by atoms with Crippen molar-refractivity contribution in [3.8, 4) is 0 Å². The smallest absolute Gasteiger partial charge is 0.268 e. The van der Waals surface area contributed by atoms with Crippen molar-refractivity contribution >= 4 is 29.0 Å². The van der Waals surface area contributed by atoms with Crippen LogP contribution in [0.2, 0.25) is 0 Å². The Morgan fingerprint density at radius 1 is 1.21 bits per heavy atom. The minimum atomic E-state index is -0.473. The van der Waals surface area contributed by atoms with Crippen molar-refractivity contribution in [3.05, 3.63) is 36.0 Å². The van der Waals surface area contributed by atoms with E-state index >= 15 is 0 Å². The summed E-state index contributed by atoms with van der Waals surface area (Å²) in [5.41, 5.74) is 1.58. The molecule has 1 fully saturated rings. The second kappa shape index (κ2) is 9.25. The fourth-order valence-corrected chi connectivity index (χ4v) is 4.31. The zero-order chi connectivity index (χ0) is 21.0. The van der Waals surface area contributed by atoms with Crippen molar-refractivity contribution in [2.75, 3.05) is 0 Å². The van der Waals surface area contributed by atoms with Crippen LogP contribution < -0.4 is 10.6 Å². The van der Waals surface area contributed by atoms with Crippen LogP contribution in [0.1, 0.15) is 56.4 Å². The molecule has 1 saturated carbocycles. The fraction of sp³-hybridized carbons (Fsp3) is 0.522. The van der Waals surface area contributed by atoms with Gasteiger partial charge in [0.15, 0.2) is 0 Å². The Hall–Kier alpha value is -2.63. The van der Waals surface area contributed by atoms with Gasteiger partial charge in [0.2, 0.25) is 5.91 Å². The van der Waals surface area contributed by atoms with Crippen LogP contribution in [-0.4, -0.2) is 34.8 Å². The summed E-state index contributed by atoms with van der Waals surface area (Å²) in [6, 6.07) is 9.06. The van der Waals surface area contributed by atoms with E-state index in [0.717, 1.165) is 42.9 Å². The van der Waals surface area contributed by atoms with Gasteiger partial charge in [-0.15, -0.1) is 0 Å². The number of carbonyl (C=O) groups is 3. The number of para-hydroxylation sites is 1. The first kappa shape index (κ1) is 21.1. The minimum Gasteiger partial charge on any atom is -0.347 e. The van der Waals surface area contributed by atoms with Gasteiger partial charge in [0.25, 0.3) is 5.91 Å². The summed E-state index contributed by atoms with van der Waals surface area (Å²) in [6.45, 7) is 4.05. The maximum absolute atomic E-state index is 13.0. The molecule has 3 rings (SSSR count). The second-order valence-electron chi connectivity index (χ2n) is 8.50. The molecule has 0 saturated heterocycles. The van der Waals surface area contributed by atoms with Crippen LogP contribution >= 0.6 is 0 Å². The largest absolute Gasteiger partial charge is 0.347 e. The van der Waals surface area contributed by atoms with Crippen molar-refractivity contribution in [2.24, 2.45) is 18.9 Å². The van der Waals surface area contributed by atoms with Crippen molar-refractivity contribution in [3.63, 3.8) is 0 Å². The average Bonchev–Trinajstić information content (AvgIpc) is 3.04. The fourth-order valence-electron chi connectivity index (χ4n) is 4.31. The van der Waals surface area contributed by atoms with E-state index in [1.54, 1.807) is 0 Å². The van der Waals surface area contributed by atoms with Crippen LogP contribution in [0, 0.1) is 11.8 Å². The Labute approximate surface area is 172 Å². The van der Waals surface area contributed by atoms with Gasteiger partial charge in [0.1, 0.15) is 12.0 Å². The lowest BCUT2D eigenvalue weighted by atomic mass is 9.83. The molecule has 1 aliphatic rings. The van der Waals surface area contributed by atoms with Crippen molar-refractivity contribution in [1.29, 1.82) is 0 Å². The molecule has 156 valence electrons. The summed E-state index contributed by atoms with van der Waals surface area (Å²) >= 11 is 0. The normalized spacial score (nSPS) is 20.4. The number of carbonyl (C=O) groups excluding carboxylic acids is 3. The van der Waals surface area contributed by atoms with E-state index in [1.807, 2.05) is 55.8 Å². The lowest BCUT2D eigenvalue weighted by molar-refractivity contribution is -0.129.